The van der Waals surface area contributed by atoms with E-state index in [0.29, 0.717) is 17.3 Å². The first-order valence-corrected chi connectivity index (χ1v) is 10.7. The third kappa shape index (κ3) is 3.72. The summed E-state index contributed by atoms with van der Waals surface area (Å²) in [6, 6.07) is 26.8. The third-order valence-corrected chi connectivity index (χ3v) is 5.97. The number of anilines is 1. The highest BCUT2D eigenvalue weighted by molar-refractivity contribution is 6.30. The molecule has 5 nitrogen and oxygen atoms in total. The Morgan fingerprint density at radius 2 is 1.81 bits per heavy atom. The number of rotatable bonds is 3. The van der Waals surface area contributed by atoms with Crippen molar-refractivity contribution in [1.29, 1.82) is 0 Å². The van der Waals surface area contributed by atoms with Gasteiger partial charge in [0.1, 0.15) is 5.75 Å². The number of hydrogen-bond acceptors (Lipinski definition) is 2. The van der Waals surface area contributed by atoms with Gasteiger partial charge in [0.25, 0.3) is 0 Å². The molecule has 0 fully saturated rings. The van der Waals surface area contributed by atoms with Gasteiger partial charge in [0, 0.05) is 22.6 Å². The number of hydrogen-bond donors (Lipinski definition) is 1. The Bertz CT molecular complexity index is 1270. The zero-order valence-corrected chi connectivity index (χ0v) is 18.3. The average Bonchev–Trinajstić information content (AvgIpc) is 3.23. The number of carbonyl (C=O) groups excluding carboxylic acids is 1. The average molecular weight is 444 g/mol. The fraction of sp³-hybridized carbons (Fsp3) is 0.115. The number of benzene rings is 3. The van der Waals surface area contributed by atoms with Crippen LogP contribution in [-0.4, -0.2) is 22.6 Å². The van der Waals surface area contributed by atoms with Crippen molar-refractivity contribution in [2.24, 2.45) is 0 Å². The molecule has 0 bridgehead atoms. The molecule has 0 saturated carbocycles. The molecule has 2 heterocycles. The van der Waals surface area contributed by atoms with Gasteiger partial charge < -0.3 is 19.5 Å². The summed E-state index contributed by atoms with van der Waals surface area (Å²) in [5.74, 6) is 0.774. The minimum Gasteiger partial charge on any atom is -0.497 e. The van der Waals surface area contributed by atoms with Crippen LogP contribution in [0.15, 0.2) is 91.1 Å². The Kier molecular flexibility index (Phi) is 5.33. The van der Waals surface area contributed by atoms with Crippen molar-refractivity contribution >= 4 is 23.3 Å². The molecule has 5 rings (SSSR count). The van der Waals surface area contributed by atoms with E-state index in [-0.39, 0.29) is 12.1 Å². The maximum Gasteiger partial charge on any atom is 0.322 e. The second kappa shape index (κ2) is 8.44. The highest BCUT2D eigenvalue weighted by Gasteiger charge is 2.33. The van der Waals surface area contributed by atoms with Crippen LogP contribution >= 0.6 is 11.6 Å². The number of urea groups is 1. The van der Waals surface area contributed by atoms with Crippen LogP contribution in [0.25, 0.3) is 5.69 Å². The van der Waals surface area contributed by atoms with Gasteiger partial charge in [-0.1, -0.05) is 48.0 Å². The number of nitrogens with one attached hydrogen (secondary N) is 1. The highest BCUT2D eigenvalue weighted by Crippen LogP contribution is 2.37. The number of ether oxygens (including phenoxy) is 1. The Morgan fingerprint density at radius 3 is 2.59 bits per heavy atom. The summed E-state index contributed by atoms with van der Waals surface area (Å²) in [6.07, 6.45) is 2.04. The van der Waals surface area contributed by atoms with Gasteiger partial charge in [-0.15, -0.1) is 0 Å². The van der Waals surface area contributed by atoms with Crippen LogP contribution < -0.4 is 10.1 Å². The lowest BCUT2D eigenvalue weighted by Crippen LogP contribution is -2.37. The van der Waals surface area contributed by atoms with Gasteiger partial charge >= 0.3 is 6.03 Å². The Balaban J connectivity index is 1.62. The molecule has 3 aromatic carbocycles. The van der Waals surface area contributed by atoms with E-state index in [4.69, 9.17) is 16.3 Å². The van der Waals surface area contributed by atoms with E-state index in [9.17, 15) is 4.79 Å². The zero-order chi connectivity index (χ0) is 22.1. The molecule has 1 aliphatic rings. The lowest BCUT2D eigenvalue weighted by Gasteiger charge is -2.31. The van der Waals surface area contributed by atoms with Gasteiger partial charge in [-0.2, -0.15) is 0 Å². The van der Waals surface area contributed by atoms with Crippen molar-refractivity contribution in [2.75, 3.05) is 12.4 Å². The first-order chi connectivity index (χ1) is 15.6. The predicted octanol–water partition coefficient (Wildman–Crippen LogP) is 6.28. The van der Waals surface area contributed by atoms with E-state index < -0.39 is 0 Å². The van der Waals surface area contributed by atoms with Crippen LogP contribution in [0.3, 0.4) is 0 Å². The standard InChI is InChI=1S/C26H22ClN3O2/c1-32-22-13-11-18(12-14-22)25-24-10-5-15-29(24)23-9-3-2-6-19(23)17-30(25)26(31)28-21-8-4-7-20(27)16-21/h2-16,25H,17H2,1H3,(H,28,31)/t25-/m0/s1. The van der Waals surface area contributed by atoms with Crippen LogP contribution in [0.5, 0.6) is 5.75 Å². The molecule has 1 N–H and O–H groups in total. The fourth-order valence-corrected chi connectivity index (χ4v) is 4.43. The zero-order valence-electron chi connectivity index (χ0n) is 17.5. The summed E-state index contributed by atoms with van der Waals surface area (Å²) in [4.78, 5) is 15.5. The van der Waals surface area contributed by atoms with Crippen molar-refractivity contribution in [3.8, 4) is 11.4 Å². The molecule has 1 atom stereocenters. The summed E-state index contributed by atoms with van der Waals surface area (Å²) in [6.45, 7) is 0.459. The molecule has 1 aromatic heterocycles. The maximum absolute atomic E-state index is 13.6. The summed E-state index contributed by atoms with van der Waals surface area (Å²) < 4.78 is 7.50. The molecule has 4 aromatic rings. The quantitative estimate of drug-likeness (QED) is 0.405. The van der Waals surface area contributed by atoms with Crippen molar-refractivity contribution in [3.05, 3.63) is 113 Å². The smallest absolute Gasteiger partial charge is 0.322 e. The number of amides is 2. The van der Waals surface area contributed by atoms with Crippen LogP contribution in [0.4, 0.5) is 10.5 Å². The molecule has 160 valence electrons. The van der Waals surface area contributed by atoms with Crippen LogP contribution in [0.1, 0.15) is 22.9 Å². The third-order valence-electron chi connectivity index (χ3n) is 5.73. The lowest BCUT2D eigenvalue weighted by atomic mass is 10.0. The minimum absolute atomic E-state index is 0.197. The SMILES string of the molecule is COc1ccc([C@H]2c3cccn3-c3ccccc3CN2C(=O)Nc2cccc(Cl)c2)cc1. The van der Waals surface area contributed by atoms with Crippen molar-refractivity contribution in [1.82, 2.24) is 9.47 Å². The molecule has 0 saturated heterocycles. The van der Waals surface area contributed by atoms with Gasteiger partial charge in [-0.25, -0.2) is 4.79 Å². The summed E-state index contributed by atoms with van der Waals surface area (Å²) in [7, 11) is 1.65. The molecule has 0 spiro atoms. The van der Waals surface area contributed by atoms with E-state index in [1.807, 2.05) is 65.7 Å². The summed E-state index contributed by atoms with van der Waals surface area (Å²) >= 11 is 6.13. The molecule has 32 heavy (non-hydrogen) atoms. The van der Waals surface area contributed by atoms with E-state index in [0.717, 1.165) is 28.3 Å². The maximum atomic E-state index is 13.6. The number of aromatic nitrogens is 1. The van der Waals surface area contributed by atoms with Crippen molar-refractivity contribution in [3.63, 3.8) is 0 Å². The van der Waals surface area contributed by atoms with Crippen molar-refractivity contribution < 1.29 is 9.53 Å². The predicted molar refractivity (Wildman–Crippen MR) is 127 cm³/mol. The number of carbonyl (C=O) groups is 1. The Labute approximate surface area is 191 Å². The number of halogens is 1. The largest absolute Gasteiger partial charge is 0.497 e. The first-order valence-electron chi connectivity index (χ1n) is 10.4. The molecule has 0 unspecified atom stereocenters. The molecule has 0 aliphatic carbocycles. The first kappa shape index (κ1) is 20.2. The molecule has 2 amide bonds. The van der Waals surface area contributed by atoms with Gasteiger partial charge in [0.2, 0.25) is 0 Å². The summed E-state index contributed by atoms with van der Waals surface area (Å²) in [5.41, 5.74) is 4.82. The molecule has 1 aliphatic heterocycles. The lowest BCUT2D eigenvalue weighted by molar-refractivity contribution is 0.194. The van der Waals surface area contributed by atoms with E-state index in [1.165, 1.54) is 0 Å². The topological polar surface area (TPSA) is 46.5 Å². The molecular weight excluding hydrogens is 422 g/mol. The molecule has 6 heteroatoms. The van der Waals surface area contributed by atoms with Gasteiger partial charge in [-0.3, -0.25) is 0 Å². The van der Waals surface area contributed by atoms with E-state index in [2.05, 4.69) is 28.1 Å². The van der Waals surface area contributed by atoms with Crippen molar-refractivity contribution in [2.45, 2.75) is 12.6 Å². The number of methoxy groups -OCH3 is 1. The van der Waals surface area contributed by atoms with Gasteiger partial charge in [0.15, 0.2) is 0 Å². The molecule has 0 radical (unpaired) electrons. The van der Waals surface area contributed by atoms with E-state index >= 15 is 0 Å². The Hall–Kier alpha value is -3.70. The Morgan fingerprint density at radius 1 is 1.00 bits per heavy atom. The van der Waals surface area contributed by atoms with Crippen LogP contribution in [0.2, 0.25) is 5.02 Å². The van der Waals surface area contributed by atoms with Crippen LogP contribution in [-0.2, 0) is 6.54 Å². The van der Waals surface area contributed by atoms with Gasteiger partial charge in [0.05, 0.1) is 25.4 Å². The normalized spacial score (nSPS) is 14.8. The second-order valence-electron chi connectivity index (χ2n) is 7.68. The van der Waals surface area contributed by atoms with E-state index in [1.54, 1.807) is 19.2 Å². The number of nitrogens with zero attached hydrogens (tertiary/aromatic N) is 2. The monoisotopic (exact) mass is 443 g/mol. The number of fused-ring (bicyclic) bond motifs is 3. The molecular formula is C26H22ClN3O2. The minimum atomic E-state index is -0.289. The summed E-state index contributed by atoms with van der Waals surface area (Å²) in [5, 5.41) is 3.60. The fourth-order valence-electron chi connectivity index (χ4n) is 4.24. The second-order valence-corrected chi connectivity index (χ2v) is 8.11. The van der Waals surface area contributed by atoms with Crippen LogP contribution in [0, 0.1) is 0 Å². The van der Waals surface area contributed by atoms with Gasteiger partial charge in [-0.05, 0) is 59.7 Å². The highest BCUT2D eigenvalue weighted by atomic mass is 35.5. The number of para-hydroxylation sites is 1.